The predicted octanol–water partition coefficient (Wildman–Crippen LogP) is 0.691. The van der Waals surface area contributed by atoms with Crippen LogP contribution in [0.25, 0.3) is 10.9 Å². The molecule has 2 fully saturated rings. The fourth-order valence-corrected chi connectivity index (χ4v) is 4.19. The highest BCUT2D eigenvalue weighted by Gasteiger charge is 2.23. The van der Waals surface area contributed by atoms with Gasteiger partial charge in [0.2, 0.25) is 5.91 Å². The van der Waals surface area contributed by atoms with Crippen molar-refractivity contribution in [3.63, 3.8) is 0 Å². The van der Waals surface area contributed by atoms with Gasteiger partial charge in [-0.3, -0.25) is 19.1 Å². The molecule has 4 rings (SSSR count). The molecule has 0 spiro atoms. The molecule has 0 saturated carbocycles. The first-order valence-electron chi connectivity index (χ1n) is 10.4. The summed E-state index contributed by atoms with van der Waals surface area (Å²) in [4.78, 5) is 33.2. The van der Waals surface area contributed by atoms with Crippen LogP contribution in [0.5, 0.6) is 0 Å². The first-order chi connectivity index (χ1) is 14.1. The van der Waals surface area contributed by atoms with Gasteiger partial charge in [-0.05, 0) is 30.5 Å². The van der Waals surface area contributed by atoms with Crippen LogP contribution in [0.4, 0.5) is 5.69 Å². The van der Waals surface area contributed by atoms with Crippen LogP contribution in [-0.2, 0) is 16.1 Å². The maximum absolute atomic E-state index is 12.6. The summed E-state index contributed by atoms with van der Waals surface area (Å²) in [5, 5.41) is 3.62. The van der Waals surface area contributed by atoms with Gasteiger partial charge in [0, 0.05) is 58.5 Å². The molecule has 1 aromatic carbocycles. The van der Waals surface area contributed by atoms with E-state index in [2.05, 4.69) is 20.1 Å². The van der Waals surface area contributed by atoms with Gasteiger partial charge in [-0.15, -0.1) is 0 Å². The van der Waals surface area contributed by atoms with Crippen molar-refractivity contribution in [3.05, 3.63) is 34.9 Å². The molecule has 1 amide bonds. The number of rotatable bonds is 6. The fraction of sp³-hybridized carbons (Fsp3) is 0.571. The molecule has 2 aliphatic rings. The Morgan fingerprint density at radius 2 is 2.03 bits per heavy atom. The standard InChI is InChI=1S/C21H29N5O3/c1-29-11-10-26-15-23-19-12-17(3-4-18(19)21(26)28)25-8-6-24(7-9-25)14-16-2-5-20(27)22-13-16/h3-4,12,15-16H,2,5-11,13-14H2,1H3,(H,22,27). The number of fused-ring (bicyclic) bond motifs is 1. The smallest absolute Gasteiger partial charge is 0.261 e. The Morgan fingerprint density at radius 3 is 2.76 bits per heavy atom. The summed E-state index contributed by atoms with van der Waals surface area (Å²) >= 11 is 0. The monoisotopic (exact) mass is 399 g/mol. The van der Waals surface area contributed by atoms with Crippen molar-refractivity contribution in [3.8, 4) is 0 Å². The van der Waals surface area contributed by atoms with Crippen molar-refractivity contribution in [1.29, 1.82) is 0 Å². The molecule has 1 atom stereocenters. The molecule has 0 bridgehead atoms. The van der Waals surface area contributed by atoms with E-state index in [0.717, 1.165) is 56.9 Å². The van der Waals surface area contributed by atoms with Crippen molar-refractivity contribution < 1.29 is 9.53 Å². The van der Waals surface area contributed by atoms with Crippen LogP contribution in [0.15, 0.2) is 29.3 Å². The molecule has 3 heterocycles. The molecular formula is C21H29N5O3. The molecule has 0 aliphatic carbocycles. The Morgan fingerprint density at radius 1 is 1.21 bits per heavy atom. The van der Waals surface area contributed by atoms with Crippen LogP contribution in [0, 0.1) is 5.92 Å². The number of piperidine rings is 1. The van der Waals surface area contributed by atoms with Crippen LogP contribution >= 0.6 is 0 Å². The Bertz CT molecular complexity index is 910. The van der Waals surface area contributed by atoms with Gasteiger partial charge in [0.25, 0.3) is 5.56 Å². The van der Waals surface area contributed by atoms with E-state index in [-0.39, 0.29) is 11.5 Å². The Labute approximate surface area is 170 Å². The molecule has 1 N–H and O–H groups in total. The van der Waals surface area contributed by atoms with Crippen LogP contribution < -0.4 is 15.8 Å². The number of hydrogen-bond acceptors (Lipinski definition) is 6. The van der Waals surface area contributed by atoms with Crippen molar-refractivity contribution in [2.75, 3.05) is 57.9 Å². The van der Waals surface area contributed by atoms with E-state index in [9.17, 15) is 9.59 Å². The van der Waals surface area contributed by atoms with Crippen LogP contribution in [-0.4, -0.2) is 73.3 Å². The topological polar surface area (TPSA) is 79.7 Å². The zero-order chi connectivity index (χ0) is 20.2. The number of methoxy groups -OCH3 is 1. The SMILES string of the molecule is COCCn1cnc2cc(N3CCN(CC4CCC(=O)NC4)CC3)ccc2c1=O. The highest BCUT2D eigenvalue weighted by Crippen LogP contribution is 2.21. The summed E-state index contributed by atoms with van der Waals surface area (Å²) in [5.41, 5.74) is 1.83. The largest absolute Gasteiger partial charge is 0.383 e. The number of piperazine rings is 1. The summed E-state index contributed by atoms with van der Waals surface area (Å²) in [6.07, 6.45) is 3.25. The fourth-order valence-electron chi connectivity index (χ4n) is 4.19. The van der Waals surface area contributed by atoms with E-state index >= 15 is 0 Å². The van der Waals surface area contributed by atoms with E-state index in [4.69, 9.17) is 4.74 Å². The third kappa shape index (κ3) is 4.59. The molecule has 156 valence electrons. The number of aromatic nitrogens is 2. The van der Waals surface area contributed by atoms with Crippen molar-refractivity contribution in [2.45, 2.75) is 19.4 Å². The highest BCUT2D eigenvalue weighted by atomic mass is 16.5. The summed E-state index contributed by atoms with van der Waals surface area (Å²) in [5.74, 6) is 0.742. The molecule has 1 unspecified atom stereocenters. The lowest BCUT2D eigenvalue weighted by atomic mass is 9.98. The van der Waals surface area contributed by atoms with Crippen molar-refractivity contribution in [2.24, 2.45) is 5.92 Å². The summed E-state index contributed by atoms with van der Waals surface area (Å²) in [6, 6.07) is 5.93. The van der Waals surface area contributed by atoms with E-state index in [1.807, 2.05) is 18.2 Å². The number of hydrogen-bond donors (Lipinski definition) is 1. The third-order valence-electron chi connectivity index (χ3n) is 5.97. The number of carbonyl (C=O) groups is 1. The maximum Gasteiger partial charge on any atom is 0.261 e. The van der Waals surface area contributed by atoms with Crippen molar-refractivity contribution >= 4 is 22.5 Å². The van der Waals surface area contributed by atoms with Crippen LogP contribution in [0.1, 0.15) is 12.8 Å². The summed E-state index contributed by atoms with van der Waals surface area (Å²) in [7, 11) is 1.62. The van der Waals surface area contributed by atoms with Gasteiger partial charge in [0.05, 0.1) is 30.4 Å². The predicted molar refractivity (Wildman–Crippen MR) is 112 cm³/mol. The second kappa shape index (κ2) is 8.92. The number of amides is 1. The lowest BCUT2D eigenvalue weighted by Gasteiger charge is -2.38. The van der Waals surface area contributed by atoms with Gasteiger partial charge < -0.3 is 15.0 Å². The number of carbonyl (C=O) groups excluding carboxylic acids is 1. The average Bonchev–Trinajstić information content (AvgIpc) is 2.75. The molecule has 2 aliphatic heterocycles. The first kappa shape index (κ1) is 19.8. The van der Waals surface area contributed by atoms with Gasteiger partial charge in [-0.2, -0.15) is 0 Å². The third-order valence-corrected chi connectivity index (χ3v) is 5.97. The Balaban J connectivity index is 1.38. The normalized spacial score (nSPS) is 20.8. The molecule has 2 saturated heterocycles. The lowest BCUT2D eigenvalue weighted by Crippen LogP contribution is -2.49. The first-order valence-corrected chi connectivity index (χ1v) is 10.4. The minimum Gasteiger partial charge on any atom is -0.383 e. The van der Waals surface area contributed by atoms with E-state index in [1.165, 1.54) is 0 Å². The summed E-state index contributed by atoms with van der Waals surface area (Å²) in [6.45, 7) is 6.77. The zero-order valence-electron chi connectivity index (χ0n) is 17.0. The van der Waals surface area contributed by atoms with Gasteiger partial charge in [0.15, 0.2) is 0 Å². The van der Waals surface area contributed by atoms with E-state index in [0.29, 0.717) is 30.9 Å². The number of benzene rings is 1. The van der Waals surface area contributed by atoms with Gasteiger partial charge >= 0.3 is 0 Å². The molecular weight excluding hydrogens is 370 g/mol. The number of nitrogens with one attached hydrogen (secondary N) is 1. The van der Waals surface area contributed by atoms with Gasteiger partial charge in [-0.25, -0.2) is 4.98 Å². The molecule has 8 nitrogen and oxygen atoms in total. The van der Waals surface area contributed by atoms with Gasteiger partial charge in [-0.1, -0.05) is 0 Å². The van der Waals surface area contributed by atoms with Crippen molar-refractivity contribution in [1.82, 2.24) is 19.8 Å². The van der Waals surface area contributed by atoms with Gasteiger partial charge in [0.1, 0.15) is 0 Å². The second-order valence-electron chi connectivity index (χ2n) is 7.93. The minimum atomic E-state index is -0.0250. The lowest BCUT2D eigenvalue weighted by molar-refractivity contribution is -0.123. The number of nitrogens with zero attached hydrogens (tertiary/aromatic N) is 4. The molecule has 8 heteroatoms. The zero-order valence-corrected chi connectivity index (χ0v) is 17.0. The maximum atomic E-state index is 12.6. The number of anilines is 1. The Hall–Kier alpha value is -2.45. The molecule has 2 aromatic rings. The highest BCUT2D eigenvalue weighted by molar-refractivity contribution is 5.81. The average molecular weight is 399 g/mol. The van der Waals surface area contributed by atoms with Crippen LogP contribution in [0.3, 0.4) is 0 Å². The minimum absolute atomic E-state index is 0.0250. The quantitative estimate of drug-likeness (QED) is 0.770. The Kier molecular flexibility index (Phi) is 6.10. The molecule has 0 radical (unpaired) electrons. The second-order valence-corrected chi connectivity index (χ2v) is 7.93. The van der Waals surface area contributed by atoms with Crippen LogP contribution in [0.2, 0.25) is 0 Å². The number of ether oxygens (including phenoxy) is 1. The van der Waals surface area contributed by atoms with E-state index < -0.39 is 0 Å². The van der Waals surface area contributed by atoms with E-state index in [1.54, 1.807) is 18.0 Å². The molecule has 1 aromatic heterocycles. The summed E-state index contributed by atoms with van der Waals surface area (Å²) < 4.78 is 6.65. The molecule has 29 heavy (non-hydrogen) atoms.